The maximum Gasteiger partial charge on any atom is 0.0799 e. The van der Waals surface area contributed by atoms with Gasteiger partial charge in [-0.25, -0.2) is 0 Å². The molecule has 0 aliphatic heterocycles. The van der Waals surface area contributed by atoms with Gasteiger partial charge in [-0.1, -0.05) is 13.3 Å². The number of rotatable bonds is 6. The van der Waals surface area contributed by atoms with Crippen molar-refractivity contribution in [3.63, 3.8) is 0 Å². The van der Waals surface area contributed by atoms with Crippen molar-refractivity contribution >= 4 is 0 Å². The van der Waals surface area contributed by atoms with Gasteiger partial charge in [-0.05, 0) is 19.3 Å². The van der Waals surface area contributed by atoms with Gasteiger partial charge in [0.1, 0.15) is 0 Å². The molecule has 0 saturated carbocycles. The summed E-state index contributed by atoms with van der Waals surface area (Å²) in [4.78, 5) is 0. The molecule has 2 N–H and O–H groups in total. The van der Waals surface area contributed by atoms with Gasteiger partial charge in [-0.3, -0.25) is 0 Å². The van der Waals surface area contributed by atoms with Gasteiger partial charge >= 0.3 is 0 Å². The Kier molecular flexibility index (Phi) is 6.84. The van der Waals surface area contributed by atoms with Crippen LogP contribution in [0.5, 0.6) is 0 Å². The van der Waals surface area contributed by atoms with Crippen molar-refractivity contribution < 1.29 is 10.2 Å². The molecule has 0 aromatic heterocycles. The Hall–Kier alpha value is -0.520. The van der Waals surface area contributed by atoms with Gasteiger partial charge in [0, 0.05) is 6.42 Å². The maximum atomic E-state index is 9.36. The van der Waals surface area contributed by atoms with Crippen molar-refractivity contribution in [2.75, 3.05) is 0 Å². The summed E-state index contributed by atoms with van der Waals surface area (Å²) in [5.41, 5.74) is 0. The van der Waals surface area contributed by atoms with Crippen LogP contribution in [0.15, 0.2) is 0 Å². The molecule has 0 bridgehead atoms. The molecule has 70 valence electrons. The number of hydrogen-bond donors (Lipinski definition) is 2. The largest absolute Gasteiger partial charge is 0.390 e. The lowest BCUT2D eigenvalue weighted by Crippen LogP contribution is -2.25. The molecule has 2 atom stereocenters. The second-order valence-corrected chi connectivity index (χ2v) is 3.02. The molecule has 0 saturated heterocycles. The van der Waals surface area contributed by atoms with Crippen LogP contribution >= 0.6 is 0 Å². The zero-order valence-electron chi connectivity index (χ0n) is 7.66. The molecule has 0 aromatic rings. The quantitative estimate of drug-likeness (QED) is 0.466. The lowest BCUT2D eigenvalue weighted by Gasteiger charge is -2.16. The van der Waals surface area contributed by atoms with E-state index in [1.54, 1.807) is 0 Å². The van der Waals surface area contributed by atoms with Crippen LogP contribution in [0, 0.1) is 12.3 Å². The Balaban J connectivity index is 3.43. The van der Waals surface area contributed by atoms with E-state index in [-0.39, 0.29) is 0 Å². The van der Waals surface area contributed by atoms with Gasteiger partial charge in [0.2, 0.25) is 0 Å². The Morgan fingerprint density at radius 2 is 1.83 bits per heavy atom. The molecular formula is C10H18O2. The predicted molar refractivity (Wildman–Crippen MR) is 49.6 cm³/mol. The molecule has 0 rings (SSSR count). The highest BCUT2D eigenvalue weighted by Gasteiger charge is 2.13. The Bertz CT molecular complexity index is 137. The van der Waals surface area contributed by atoms with E-state index in [0.29, 0.717) is 19.3 Å². The van der Waals surface area contributed by atoms with Crippen LogP contribution in [-0.2, 0) is 0 Å². The van der Waals surface area contributed by atoms with Crippen molar-refractivity contribution in [1.29, 1.82) is 0 Å². The Morgan fingerprint density at radius 1 is 1.25 bits per heavy atom. The van der Waals surface area contributed by atoms with E-state index in [1.165, 1.54) is 0 Å². The SMILES string of the molecule is C#CCCCC(O)C(O)CCC. The summed E-state index contributed by atoms with van der Waals surface area (Å²) in [6, 6.07) is 0. The average Bonchev–Trinajstić information content (AvgIpc) is 2.05. The van der Waals surface area contributed by atoms with Crippen molar-refractivity contribution in [2.24, 2.45) is 0 Å². The minimum absolute atomic E-state index is 0.576. The Morgan fingerprint density at radius 3 is 2.33 bits per heavy atom. The van der Waals surface area contributed by atoms with Crippen molar-refractivity contribution in [2.45, 2.75) is 51.2 Å². The highest BCUT2D eigenvalue weighted by Crippen LogP contribution is 2.08. The normalized spacial score (nSPS) is 15.2. The van der Waals surface area contributed by atoms with E-state index in [2.05, 4.69) is 5.92 Å². The van der Waals surface area contributed by atoms with E-state index < -0.39 is 12.2 Å². The first-order valence-electron chi connectivity index (χ1n) is 4.52. The monoisotopic (exact) mass is 170 g/mol. The van der Waals surface area contributed by atoms with E-state index in [4.69, 9.17) is 6.42 Å². The summed E-state index contributed by atoms with van der Waals surface area (Å²) in [6.45, 7) is 1.98. The van der Waals surface area contributed by atoms with Crippen molar-refractivity contribution in [1.82, 2.24) is 0 Å². The third-order valence-electron chi connectivity index (χ3n) is 1.85. The summed E-state index contributed by atoms with van der Waals surface area (Å²) >= 11 is 0. The van der Waals surface area contributed by atoms with Gasteiger partial charge in [0.15, 0.2) is 0 Å². The lowest BCUT2D eigenvalue weighted by atomic mass is 10.0. The fraction of sp³-hybridized carbons (Fsp3) is 0.800. The van der Waals surface area contributed by atoms with Gasteiger partial charge in [-0.2, -0.15) is 0 Å². The van der Waals surface area contributed by atoms with E-state index in [9.17, 15) is 10.2 Å². The molecular weight excluding hydrogens is 152 g/mol. The molecule has 0 aromatic carbocycles. The molecule has 2 heteroatoms. The van der Waals surface area contributed by atoms with E-state index in [0.717, 1.165) is 12.8 Å². The van der Waals surface area contributed by atoms with E-state index >= 15 is 0 Å². The van der Waals surface area contributed by atoms with Crippen molar-refractivity contribution in [3.05, 3.63) is 0 Å². The molecule has 0 radical (unpaired) electrons. The average molecular weight is 170 g/mol. The number of aliphatic hydroxyl groups excluding tert-OH is 2. The Labute approximate surface area is 74.6 Å². The van der Waals surface area contributed by atoms with Gasteiger partial charge in [0.05, 0.1) is 12.2 Å². The number of unbranched alkanes of at least 4 members (excludes halogenated alkanes) is 1. The van der Waals surface area contributed by atoms with Crippen molar-refractivity contribution in [3.8, 4) is 12.3 Å². The minimum Gasteiger partial charge on any atom is -0.390 e. The first-order valence-corrected chi connectivity index (χ1v) is 4.52. The molecule has 0 aliphatic carbocycles. The van der Waals surface area contributed by atoms with Crippen LogP contribution in [0.4, 0.5) is 0 Å². The summed E-state index contributed by atoms with van der Waals surface area (Å²) < 4.78 is 0. The summed E-state index contributed by atoms with van der Waals surface area (Å²) in [5.74, 6) is 2.50. The predicted octanol–water partition coefficient (Wildman–Crippen LogP) is 1.31. The summed E-state index contributed by atoms with van der Waals surface area (Å²) in [6.07, 6.45) is 7.51. The molecule has 0 aliphatic rings. The molecule has 12 heavy (non-hydrogen) atoms. The molecule has 0 amide bonds. The highest BCUT2D eigenvalue weighted by molar-refractivity contribution is 4.83. The first-order chi connectivity index (χ1) is 5.72. The highest BCUT2D eigenvalue weighted by atomic mass is 16.3. The third kappa shape index (κ3) is 5.17. The number of terminal acetylenes is 1. The second kappa shape index (κ2) is 7.15. The van der Waals surface area contributed by atoms with Crippen LogP contribution < -0.4 is 0 Å². The lowest BCUT2D eigenvalue weighted by molar-refractivity contribution is 0.00874. The third-order valence-corrected chi connectivity index (χ3v) is 1.85. The second-order valence-electron chi connectivity index (χ2n) is 3.02. The molecule has 0 spiro atoms. The van der Waals surface area contributed by atoms with Crippen LogP contribution in [0.2, 0.25) is 0 Å². The number of aliphatic hydroxyl groups is 2. The molecule has 2 nitrogen and oxygen atoms in total. The van der Waals surface area contributed by atoms with Gasteiger partial charge in [0.25, 0.3) is 0 Å². The van der Waals surface area contributed by atoms with Gasteiger partial charge in [-0.15, -0.1) is 12.3 Å². The zero-order valence-corrected chi connectivity index (χ0v) is 7.66. The first kappa shape index (κ1) is 11.5. The van der Waals surface area contributed by atoms with Crippen LogP contribution in [0.1, 0.15) is 39.0 Å². The molecule has 0 fully saturated rings. The summed E-state index contributed by atoms with van der Waals surface area (Å²) in [7, 11) is 0. The van der Waals surface area contributed by atoms with E-state index in [1.807, 2.05) is 6.92 Å². The van der Waals surface area contributed by atoms with Gasteiger partial charge < -0.3 is 10.2 Å². The molecule has 2 unspecified atom stereocenters. The van der Waals surface area contributed by atoms with Crippen LogP contribution in [-0.4, -0.2) is 22.4 Å². The molecule has 0 heterocycles. The van der Waals surface area contributed by atoms with Crippen LogP contribution in [0.25, 0.3) is 0 Å². The smallest absolute Gasteiger partial charge is 0.0799 e. The fourth-order valence-corrected chi connectivity index (χ4v) is 1.09. The zero-order chi connectivity index (χ0) is 9.40. The topological polar surface area (TPSA) is 40.5 Å². The van der Waals surface area contributed by atoms with Crippen LogP contribution in [0.3, 0.4) is 0 Å². The fourth-order valence-electron chi connectivity index (χ4n) is 1.09. The standard InChI is InChI=1S/C10H18O2/c1-3-5-6-8-10(12)9(11)7-4-2/h1,9-12H,4-8H2,2H3. The number of hydrogen-bond acceptors (Lipinski definition) is 2. The summed E-state index contributed by atoms with van der Waals surface area (Å²) in [5, 5.41) is 18.7. The maximum absolute atomic E-state index is 9.36. The minimum atomic E-state index is -0.599.